The van der Waals surface area contributed by atoms with E-state index in [2.05, 4.69) is 20.5 Å². The van der Waals surface area contributed by atoms with Crippen LogP contribution in [0.3, 0.4) is 0 Å². The lowest BCUT2D eigenvalue weighted by atomic mass is 9.70. The largest absolute Gasteiger partial charge is 0.481 e. The Labute approximate surface area is 315 Å². The molecule has 296 valence electrons. The Bertz CT molecular complexity index is 2220. The molecule has 0 bridgehead atoms. The van der Waals surface area contributed by atoms with E-state index in [0.29, 0.717) is 54.0 Å². The lowest BCUT2D eigenvalue weighted by Crippen LogP contribution is -2.50. The fourth-order valence-electron chi connectivity index (χ4n) is 7.27. The Morgan fingerprint density at radius 3 is 2.47 bits per heavy atom. The summed E-state index contributed by atoms with van der Waals surface area (Å²) in [7, 11) is -4.24. The van der Waals surface area contributed by atoms with E-state index in [0.717, 1.165) is 9.96 Å². The highest BCUT2D eigenvalue weighted by molar-refractivity contribution is 7.89. The van der Waals surface area contributed by atoms with Gasteiger partial charge in [0.2, 0.25) is 27.6 Å². The molecule has 1 amide bonds. The van der Waals surface area contributed by atoms with Crippen molar-refractivity contribution in [3.63, 3.8) is 0 Å². The third-order valence-electron chi connectivity index (χ3n) is 10.5. The van der Waals surface area contributed by atoms with Crippen molar-refractivity contribution in [1.82, 2.24) is 29.2 Å². The standard InChI is InChI=1S/C37H43F3N6O8S/c1-22-5-6-24(30(35(3,4)34(49)50)27-11-15-46-31(23(27)2)43-44-33(46)37(38,39)40)19-25(22)20-45-21-36(12-17-53-18-13-36)54-32-28(55(45,51)52)9-7-26(42-32)8-10-29(48)41-14-16-47/h5-7,9,11,15,19,30,47H,8,10,12-14,16-18,20-21H2,1-4H3,(H,41,48)(H,49,50). The van der Waals surface area contributed by atoms with E-state index >= 15 is 0 Å². The molecule has 1 atom stereocenters. The number of hydrogen-bond acceptors (Lipinski definition) is 10. The Hall–Kier alpha value is -4.65. The topological polar surface area (TPSA) is 186 Å². The van der Waals surface area contributed by atoms with E-state index < -0.39 is 44.9 Å². The molecule has 1 aromatic carbocycles. The van der Waals surface area contributed by atoms with Crippen LogP contribution in [0.5, 0.6) is 5.88 Å². The first-order chi connectivity index (χ1) is 25.9. The van der Waals surface area contributed by atoms with E-state index in [1.165, 1.54) is 42.5 Å². The van der Waals surface area contributed by atoms with Crippen LogP contribution < -0.4 is 10.1 Å². The molecule has 1 unspecified atom stereocenters. The number of nitrogens with zero attached hydrogens (tertiary/aromatic N) is 5. The molecule has 4 aromatic rings. The number of ether oxygens (including phenoxy) is 2. The van der Waals surface area contributed by atoms with Gasteiger partial charge in [0.25, 0.3) is 0 Å². The molecule has 1 saturated heterocycles. The molecule has 3 N–H and O–H groups in total. The van der Waals surface area contributed by atoms with Crippen LogP contribution in [0.4, 0.5) is 13.2 Å². The van der Waals surface area contributed by atoms with E-state index in [-0.39, 0.29) is 61.4 Å². The van der Waals surface area contributed by atoms with Crippen molar-refractivity contribution in [2.45, 2.75) is 82.5 Å². The van der Waals surface area contributed by atoms with Gasteiger partial charge in [0, 0.05) is 50.2 Å². The molecule has 55 heavy (non-hydrogen) atoms. The summed E-state index contributed by atoms with van der Waals surface area (Å²) >= 11 is 0. The first kappa shape index (κ1) is 40.0. The highest BCUT2D eigenvalue weighted by Gasteiger charge is 2.46. The Morgan fingerprint density at radius 2 is 1.80 bits per heavy atom. The van der Waals surface area contributed by atoms with Gasteiger partial charge in [0.05, 0.1) is 31.8 Å². The Kier molecular flexibility index (Phi) is 11.0. The Balaban J connectivity index is 1.40. The zero-order valence-corrected chi connectivity index (χ0v) is 31.6. The average Bonchev–Trinajstić information content (AvgIpc) is 3.55. The van der Waals surface area contributed by atoms with E-state index in [1.54, 1.807) is 25.1 Å². The normalized spacial score (nSPS) is 17.7. The highest BCUT2D eigenvalue weighted by atomic mass is 32.2. The maximum absolute atomic E-state index is 14.5. The number of sulfonamides is 1. The zero-order valence-electron chi connectivity index (χ0n) is 30.8. The van der Waals surface area contributed by atoms with Crippen LogP contribution >= 0.6 is 0 Å². The smallest absolute Gasteiger partial charge is 0.452 e. The second-order valence-corrected chi connectivity index (χ2v) is 16.5. The number of halogens is 3. The van der Waals surface area contributed by atoms with Gasteiger partial charge in [-0.25, -0.2) is 13.4 Å². The van der Waals surface area contributed by atoms with E-state index in [9.17, 15) is 36.3 Å². The number of pyridine rings is 2. The summed E-state index contributed by atoms with van der Waals surface area (Å²) in [5.41, 5.74) is 0.467. The van der Waals surface area contributed by atoms with Gasteiger partial charge in [-0.1, -0.05) is 18.2 Å². The number of hydrogen-bond donors (Lipinski definition) is 3. The third kappa shape index (κ3) is 7.90. The molecule has 2 aliphatic rings. The molecule has 5 heterocycles. The fraction of sp³-hybridized carbons (Fsp3) is 0.486. The SMILES string of the molecule is Cc1ccc(C(c2ccn3c(C(F)(F)F)nnc3c2C)C(C)(C)C(=O)O)cc1CN1CC2(CCOCC2)Oc2nc(CCC(=O)NCCO)ccc2S1(=O)=O. The summed E-state index contributed by atoms with van der Waals surface area (Å²) in [6.45, 7) is 6.86. The number of aryl methyl sites for hydroxylation is 3. The highest BCUT2D eigenvalue weighted by Crippen LogP contribution is 2.45. The van der Waals surface area contributed by atoms with Gasteiger partial charge in [0.15, 0.2) is 5.65 Å². The van der Waals surface area contributed by atoms with Gasteiger partial charge in [-0.2, -0.15) is 17.5 Å². The molecule has 3 aromatic heterocycles. The first-order valence-corrected chi connectivity index (χ1v) is 19.2. The lowest BCUT2D eigenvalue weighted by molar-refractivity contribution is -0.147. The van der Waals surface area contributed by atoms with Crippen molar-refractivity contribution >= 4 is 27.5 Å². The Morgan fingerprint density at radius 1 is 1.07 bits per heavy atom. The van der Waals surface area contributed by atoms with Gasteiger partial charge in [-0.15, -0.1) is 10.2 Å². The van der Waals surface area contributed by atoms with Gasteiger partial charge in [-0.3, -0.25) is 14.0 Å². The van der Waals surface area contributed by atoms with Gasteiger partial charge >= 0.3 is 12.1 Å². The van der Waals surface area contributed by atoms with Crippen molar-refractivity contribution in [2.75, 3.05) is 32.9 Å². The number of benzene rings is 1. The quantitative estimate of drug-likeness (QED) is 0.198. The number of nitrogens with one attached hydrogen (secondary N) is 1. The van der Waals surface area contributed by atoms with Crippen molar-refractivity contribution in [1.29, 1.82) is 0 Å². The summed E-state index contributed by atoms with van der Waals surface area (Å²) in [5.74, 6) is -3.62. The van der Waals surface area contributed by atoms with Crippen LogP contribution in [0.1, 0.15) is 78.4 Å². The number of aromatic nitrogens is 4. The van der Waals surface area contributed by atoms with Crippen LogP contribution in [0.25, 0.3) is 5.65 Å². The zero-order chi connectivity index (χ0) is 39.9. The summed E-state index contributed by atoms with van der Waals surface area (Å²) in [5, 5.41) is 29.2. The van der Waals surface area contributed by atoms with Gasteiger partial charge < -0.3 is 25.0 Å². The number of alkyl halides is 3. The minimum Gasteiger partial charge on any atom is -0.481 e. The molecule has 0 aliphatic carbocycles. The van der Waals surface area contributed by atoms with E-state index in [1.807, 2.05) is 6.92 Å². The van der Waals surface area contributed by atoms with Crippen LogP contribution in [0, 0.1) is 19.3 Å². The fourth-order valence-corrected chi connectivity index (χ4v) is 8.81. The number of aliphatic carboxylic acids is 1. The molecule has 1 fully saturated rings. The molecule has 18 heteroatoms. The predicted molar refractivity (Wildman–Crippen MR) is 191 cm³/mol. The van der Waals surface area contributed by atoms with E-state index in [4.69, 9.17) is 14.6 Å². The van der Waals surface area contributed by atoms with Crippen LogP contribution in [-0.2, 0) is 43.5 Å². The number of carbonyl (C=O) groups excluding carboxylic acids is 1. The first-order valence-electron chi connectivity index (χ1n) is 17.8. The maximum atomic E-state index is 14.5. The number of aliphatic hydroxyl groups excluding tert-OH is 1. The maximum Gasteiger partial charge on any atom is 0.452 e. The lowest BCUT2D eigenvalue weighted by Gasteiger charge is -2.38. The molecule has 2 aliphatic heterocycles. The van der Waals surface area contributed by atoms with Gasteiger partial charge in [-0.05, 0) is 80.1 Å². The summed E-state index contributed by atoms with van der Waals surface area (Å²) < 4.78 is 84.3. The number of amides is 1. The number of aliphatic hydroxyl groups is 1. The number of fused-ring (bicyclic) bond motifs is 2. The van der Waals surface area contributed by atoms with Crippen molar-refractivity contribution in [3.05, 3.63) is 81.9 Å². The van der Waals surface area contributed by atoms with Crippen LogP contribution in [0.2, 0.25) is 0 Å². The molecule has 0 saturated carbocycles. The van der Waals surface area contributed by atoms with Crippen molar-refractivity contribution in [2.24, 2.45) is 5.41 Å². The minimum atomic E-state index is -4.77. The van der Waals surface area contributed by atoms with Crippen molar-refractivity contribution < 1.29 is 50.9 Å². The summed E-state index contributed by atoms with van der Waals surface area (Å²) in [4.78, 5) is 29.4. The van der Waals surface area contributed by atoms with Crippen LogP contribution in [-0.4, -0.2) is 92.9 Å². The summed E-state index contributed by atoms with van der Waals surface area (Å²) in [6, 6.07) is 9.67. The molecular weight excluding hydrogens is 746 g/mol. The second-order valence-electron chi connectivity index (χ2n) is 14.6. The van der Waals surface area contributed by atoms with Crippen molar-refractivity contribution in [3.8, 4) is 5.88 Å². The minimum absolute atomic E-state index is 0.0358. The molecule has 14 nitrogen and oxygen atoms in total. The third-order valence-corrected chi connectivity index (χ3v) is 12.3. The molecular formula is C37H43F3N6O8S. The van der Waals surface area contributed by atoms with Gasteiger partial charge in [0.1, 0.15) is 10.5 Å². The number of carboxylic acid groups (broad SMARTS) is 1. The number of rotatable bonds is 11. The van der Waals surface area contributed by atoms with Crippen LogP contribution in [0.15, 0.2) is 47.5 Å². The second kappa shape index (κ2) is 15.1. The molecule has 6 rings (SSSR count). The number of carboxylic acids is 1. The summed E-state index contributed by atoms with van der Waals surface area (Å²) in [6.07, 6.45) is -2.55. The molecule has 1 spiro atoms. The predicted octanol–water partition coefficient (Wildman–Crippen LogP) is 4.18. The monoisotopic (exact) mass is 788 g/mol. The average molecular weight is 789 g/mol. The molecule has 0 radical (unpaired) electrons. The number of carbonyl (C=O) groups is 2.